The molecule has 0 atom stereocenters. The molecule has 7 nitrogen and oxygen atoms in total. The second kappa shape index (κ2) is 13.1. The van der Waals surface area contributed by atoms with Crippen LogP contribution in [-0.2, 0) is 9.53 Å². The van der Waals surface area contributed by atoms with Gasteiger partial charge in [0.25, 0.3) is 0 Å². The monoisotopic (exact) mass is 535 g/mol. The third-order valence-electron chi connectivity index (χ3n) is 6.80. The Morgan fingerprint density at radius 3 is 2.37 bits per heavy atom. The Hall–Kier alpha value is -0.610. The van der Waals surface area contributed by atoms with Crippen molar-refractivity contribution >= 4 is 35.8 Å². The summed E-state index contributed by atoms with van der Waals surface area (Å²) in [5.41, 5.74) is 0.451. The Balaban J connectivity index is 0.00000320. The van der Waals surface area contributed by atoms with Crippen molar-refractivity contribution in [3.05, 3.63) is 0 Å². The zero-order chi connectivity index (χ0) is 20.5. The minimum absolute atomic E-state index is 0. The Morgan fingerprint density at radius 1 is 1.03 bits per heavy atom. The molecule has 0 aromatic rings. The number of morpholine rings is 1. The second-order valence-electron chi connectivity index (χ2n) is 9.25. The van der Waals surface area contributed by atoms with Crippen molar-refractivity contribution in [1.82, 2.24) is 20.0 Å². The van der Waals surface area contributed by atoms with E-state index in [0.717, 1.165) is 58.4 Å². The van der Waals surface area contributed by atoms with E-state index in [4.69, 9.17) is 9.73 Å². The van der Waals surface area contributed by atoms with Crippen molar-refractivity contribution in [3.8, 4) is 0 Å². The number of nitrogens with zero attached hydrogens (tertiary/aromatic N) is 4. The first kappa shape index (κ1) is 25.6. The van der Waals surface area contributed by atoms with Crippen LogP contribution in [0.4, 0.5) is 0 Å². The predicted octanol–water partition coefficient (Wildman–Crippen LogP) is 2.41. The summed E-state index contributed by atoms with van der Waals surface area (Å²) in [6.07, 6.45) is 10.8. The highest BCUT2D eigenvalue weighted by atomic mass is 127. The molecule has 2 saturated heterocycles. The first-order valence-corrected chi connectivity index (χ1v) is 11.6. The molecule has 1 spiro atoms. The number of rotatable bonds is 5. The molecule has 0 radical (unpaired) electrons. The van der Waals surface area contributed by atoms with Crippen LogP contribution in [0.3, 0.4) is 0 Å². The number of likely N-dealkylation sites (tertiary alicyclic amines) is 1. The minimum Gasteiger partial charge on any atom is -0.379 e. The Morgan fingerprint density at radius 2 is 1.70 bits per heavy atom. The van der Waals surface area contributed by atoms with Crippen LogP contribution in [-0.4, -0.2) is 99.7 Å². The molecule has 174 valence electrons. The first-order valence-electron chi connectivity index (χ1n) is 11.6. The molecule has 0 bridgehead atoms. The molecule has 0 aromatic carbocycles. The van der Waals surface area contributed by atoms with Gasteiger partial charge in [-0.2, -0.15) is 0 Å². The molecule has 0 unspecified atom stereocenters. The van der Waals surface area contributed by atoms with Crippen molar-refractivity contribution in [1.29, 1.82) is 0 Å². The Kier molecular flexibility index (Phi) is 11.2. The number of ether oxygens (including phenoxy) is 1. The Bertz CT molecular complexity index is 544. The summed E-state index contributed by atoms with van der Waals surface area (Å²) in [7, 11) is 3.59. The van der Waals surface area contributed by atoms with Gasteiger partial charge in [-0.3, -0.25) is 9.69 Å². The number of amides is 1. The maximum Gasteiger partial charge on any atom is 0.243 e. The van der Waals surface area contributed by atoms with Crippen molar-refractivity contribution < 1.29 is 9.53 Å². The highest BCUT2D eigenvalue weighted by Crippen LogP contribution is 2.42. The van der Waals surface area contributed by atoms with Gasteiger partial charge in [0.1, 0.15) is 6.54 Å². The van der Waals surface area contributed by atoms with Crippen LogP contribution in [0.2, 0.25) is 0 Å². The smallest absolute Gasteiger partial charge is 0.243 e. The summed E-state index contributed by atoms with van der Waals surface area (Å²) >= 11 is 0. The number of nitrogens with one attached hydrogen (secondary N) is 1. The summed E-state index contributed by atoms with van der Waals surface area (Å²) in [5.74, 6) is 0.982. The molecule has 3 fully saturated rings. The summed E-state index contributed by atoms with van der Waals surface area (Å²) < 4.78 is 5.45. The largest absolute Gasteiger partial charge is 0.379 e. The second-order valence-corrected chi connectivity index (χ2v) is 9.25. The fourth-order valence-corrected chi connectivity index (χ4v) is 4.98. The molecule has 2 aliphatic heterocycles. The lowest BCUT2D eigenvalue weighted by molar-refractivity contribution is -0.127. The minimum atomic E-state index is 0. The van der Waals surface area contributed by atoms with E-state index in [1.54, 1.807) is 19.0 Å². The molecule has 0 aromatic heterocycles. The molecule has 1 saturated carbocycles. The fraction of sp³-hybridized carbons (Fsp3) is 0.909. The van der Waals surface area contributed by atoms with E-state index in [1.165, 1.54) is 51.4 Å². The lowest BCUT2D eigenvalue weighted by atomic mass is 9.74. The lowest BCUT2D eigenvalue weighted by Crippen LogP contribution is -2.52. The highest BCUT2D eigenvalue weighted by molar-refractivity contribution is 14.0. The number of hydrogen-bond acceptors (Lipinski definition) is 4. The number of hydrogen-bond donors (Lipinski definition) is 1. The summed E-state index contributed by atoms with van der Waals surface area (Å²) in [6, 6.07) is 0. The summed E-state index contributed by atoms with van der Waals surface area (Å²) in [5, 5.41) is 3.59. The maximum absolute atomic E-state index is 12.1. The van der Waals surface area contributed by atoms with Crippen molar-refractivity contribution in [3.63, 3.8) is 0 Å². The van der Waals surface area contributed by atoms with Crippen LogP contribution in [0.1, 0.15) is 51.4 Å². The standard InChI is InChI=1S/C22H41N5O2.HI/c1-25(2)20(28)18-24-21(23-11-13-26-14-16-29-17-15-26)27-12-7-10-22(19-27)8-5-3-4-6-9-22;/h3-19H2,1-2H3,(H,23,24);1H. The molecular weight excluding hydrogens is 493 g/mol. The average Bonchev–Trinajstić information content (AvgIpc) is 2.96. The number of carbonyl (C=O) groups excluding carboxylic acids is 1. The topological polar surface area (TPSA) is 60.4 Å². The van der Waals surface area contributed by atoms with E-state index in [-0.39, 0.29) is 36.4 Å². The highest BCUT2D eigenvalue weighted by Gasteiger charge is 2.36. The number of halogens is 1. The molecule has 1 amide bonds. The van der Waals surface area contributed by atoms with Gasteiger partial charge in [-0.05, 0) is 31.1 Å². The van der Waals surface area contributed by atoms with Gasteiger partial charge < -0.3 is 19.9 Å². The van der Waals surface area contributed by atoms with Crippen LogP contribution in [0, 0.1) is 5.41 Å². The van der Waals surface area contributed by atoms with Gasteiger partial charge in [0.15, 0.2) is 5.96 Å². The first-order chi connectivity index (χ1) is 14.1. The zero-order valence-corrected chi connectivity index (χ0v) is 21.4. The van der Waals surface area contributed by atoms with Gasteiger partial charge in [-0.1, -0.05) is 25.7 Å². The number of piperidine rings is 1. The van der Waals surface area contributed by atoms with Crippen LogP contribution >= 0.6 is 24.0 Å². The Labute approximate surface area is 200 Å². The fourth-order valence-electron chi connectivity index (χ4n) is 4.98. The molecule has 1 aliphatic carbocycles. The molecular formula is C22H42IN5O2. The van der Waals surface area contributed by atoms with E-state index in [1.807, 2.05) is 0 Å². The van der Waals surface area contributed by atoms with Gasteiger partial charge in [0.2, 0.25) is 5.91 Å². The number of guanidine groups is 1. The van der Waals surface area contributed by atoms with E-state index in [9.17, 15) is 4.79 Å². The van der Waals surface area contributed by atoms with Gasteiger partial charge in [-0.25, -0.2) is 4.99 Å². The molecule has 3 aliphatic rings. The van der Waals surface area contributed by atoms with Gasteiger partial charge >= 0.3 is 0 Å². The maximum atomic E-state index is 12.1. The number of likely N-dealkylation sites (N-methyl/N-ethyl adjacent to an activating group) is 1. The number of carbonyl (C=O) groups is 1. The van der Waals surface area contributed by atoms with Gasteiger partial charge in [-0.15, -0.1) is 24.0 Å². The molecule has 1 N–H and O–H groups in total. The van der Waals surface area contributed by atoms with Crippen LogP contribution in [0.15, 0.2) is 4.99 Å². The molecule has 3 rings (SSSR count). The van der Waals surface area contributed by atoms with Crippen molar-refractivity contribution in [2.45, 2.75) is 51.4 Å². The van der Waals surface area contributed by atoms with Crippen molar-refractivity contribution in [2.75, 3.05) is 73.1 Å². The zero-order valence-electron chi connectivity index (χ0n) is 19.0. The van der Waals surface area contributed by atoms with E-state index >= 15 is 0 Å². The summed E-state index contributed by atoms with van der Waals surface area (Å²) in [6.45, 7) is 7.85. The van der Waals surface area contributed by atoms with E-state index in [0.29, 0.717) is 5.41 Å². The third-order valence-corrected chi connectivity index (χ3v) is 6.80. The molecule has 30 heavy (non-hydrogen) atoms. The van der Waals surface area contributed by atoms with Crippen molar-refractivity contribution in [2.24, 2.45) is 10.4 Å². The van der Waals surface area contributed by atoms with Gasteiger partial charge in [0, 0.05) is 53.4 Å². The molecule has 2 heterocycles. The van der Waals surface area contributed by atoms with Crippen LogP contribution in [0.5, 0.6) is 0 Å². The summed E-state index contributed by atoms with van der Waals surface area (Å²) in [4.78, 5) is 23.4. The van der Waals surface area contributed by atoms with Crippen LogP contribution < -0.4 is 5.32 Å². The molecule has 8 heteroatoms. The lowest BCUT2D eigenvalue weighted by Gasteiger charge is -2.44. The van der Waals surface area contributed by atoms with Crippen LogP contribution in [0.25, 0.3) is 0 Å². The average molecular weight is 536 g/mol. The van der Waals surface area contributed by atoms with E-state index in [2.05, 4.69) is 15.1 Å². The number of aliphatic imine (C=N–C) groups is 1. The quantitative estimate of drug-likeness (QED) is 0.333. The SMILES string of the molecule is CN(C)C(=O)CN=C(NCCN1CCOCC1)N1CCCC2(CCCCCC2)C1.I. The van der Waals surface area contributed by atoms with E-state index < -0.39 is 0 Å². The predicted molar refractivity (Wildman–Crippen MR) is 133 cm³/mol. The van der Waals surface area contributed by atoms with Gasteiger partial charge in [0.05, 0.1) is 13.2 Å². The normalized spacial score (nSPS) is 22.9. The third kappa shape index (κ3) is 7.82.